The third-order valence-electron chi connectivity index (χ3n) is 6.98. The minimum Gasteiger partial charge on any atom is -0.435 e. The Labute approximate surface area is 296 Å². The molecule has 18 nitrogen and oxygen atoms in total. The summed E-state index contributed by atoms with van der Waals surface area (Å²) in [6.07, 6.45) is -0.793. The molecule has 51 heavy (non-hydrogen) atoms. The predicted molar refractivity (Wildman–Crippen MR) is 177 cm³/mol. The second kappa shape index (κ2) is 18.8. The van der Waals surface area contributed by atoms with Crippen molar-refractivity contribution >= 4 is 29.9 Å². The van der Waals surface area contributed by atoms with Gasteiger partial charge >= 0.3 is 18.3 Å². The van der Waals surface area contributed by atoms with Crippen LogP contribution in [0.4, 0.5) is 9.59 Å². The van der Waals surface area contributed by atoms with E-state index in [1.165, 1.54) is 6.92 Å². The number of aryl methyl sites for hydroxylation is 1. The number of nitrogens with zero attached hydrogens (tertiary/aromatic N) is 7. The number of esters is 1. The first-order chi connectivity index (χ1) is 24.6. The lowest BCUT2D eigenvalue weighted by atomic mass is 9.98. The van der Waals surface area contributed by atoms with Crippen LogP contribution in [0, 0.1) is 10.1 Å². The standard InChI is InChI=1S/C32H36ClN7O11/c1-4-6-12-26-34-28(33)27(30(41)50-21(3)51-32(43)46-5-2)38(26)19-22-13-15-23(16-14-22)24-10-7-8-11-25(24)29-35-37-39(36-29)20-48-31(42)47-17-9-18-49-40(44)45/h7-8,10-11,13-16,21H,4-6,9,12,17-20H2,1-3H3. The molecular formula is C32H36ClN7O11. The Morgan fingerprint density at radius 3 is 2.39 bits per heavy atom. The quantitative estimate of drug-likeness (QED) is 0.0303. The molecule has 19 heteroatoms. The predicted octanol–water partition coefficient (Wildman–Crippen LogP) is 5.63. The molecule has 0 fully saturated rings. The molecule has 4 rings (SSSR count). The van der Waals surface area contributed by atoms with E-state index in [0.717, 1.165) is 34.3 Å². The maximum atomic E-state index is 13.2. The number of tetrazole rings is 1. The number of rotatable bonds is 18. The number of ether oxygens (including phenoxy) is 5. The lowest BCUT2D eigenvalue weighted by Gasteiger charge is -2.16. The van der Waals surface area contributed by atoms with Crippen LogP contribution in [0.2, 0.25) is 5.15 Å². The minimum absolute atomic E-state index is 0.0249. The van der Waals surface area contributed by atoms with E-state index in [4.69, 9.17) is 35.3 Å². The molecule has 0 N–H and O–H groups in total. The first-order valence-corrected chi connectivity index (χ1v) is 16.3. The van der Waals surface area contributed by atoms with Crippen molar-refractivity contribution in [2.24, 2.45) is 0 Å². The molecule has 0 radical (unpaired) electrons. The van der Waals surface area contributed by atoms with Gasteiger partial charge in [-0.15, -0.1) is 25.1 Å². The van der Waals surface area contributed by atoms with Gasteiger partial charge in [0.2, 0.25) is 18.8 Å². The third-order valence-corrected chi connectivity index (χ3v) is 7.24. The molecule has 2 aromatic carbocycles. The van der Waals surface area contributed by atoms with Crippen molar-refractivity contribution in [2.75, 3.05) is 19.8 Å². The van der Waals surface area contributed by atoms with Gasteiger partial charge in [0.15, 0.2) is 10.8 Å². The van der Waals surface area contributed by atoms with Gasteiger partial charge in [0.1, 0.15) is 5.82 Å². The molecule has 1 atom stereocenters. The Balaban J connectivity index is 1.46. The highest BCUT2D eigenvalue weighted by Crippen LogP contribution is 2.30. The molecule has 0 aliphatic rings. The van der Waals surface area contributed by atoms with Crippen LogP contribution in [0.5, 0.6) is 0 Å². The number of hydrogen-bond donors (Lipinski definition) is 0. The number of benzene rings is 2. The number of unbranched alkanes of at least 4 members (excludes halogenated alkanes) is 1. The molecule has 1 unspecified atom stereocenters. The van der Waals surface area contributed by atoms with E-state index in [1.807, 2.05) is 55.5 Å². The topological polar surface area (TPSA) is 211 Å². The van der Waals surface area contributed by atoms with E-state index in [2.05, 4.69) is 25.2 Å². The third kappa shape index (κ3) is 11.1. The number of carbonyl (C=O) groups is 3. The molecule has 0 saturated heterocycles. The molecule has 272 valence electrons. The normalized spacial score (nSPS) is 11.4. The zero-order chi connectivity index (χ0) is 36.8. The van der Waals surface area contributed by atoms with Gasteiger partial charge < -0.3 is 33.1 Å². The van der Waals surface area contributed by atoms with Gasteiger partial charge in [-0.2, -0.15) is 0 Å². The molecule has 2 heterocycles. The summed E-state index contributed by atoms with van der Waals surface area (Å²) < 4.78 is 26.6. The van der Waals surface area contributed by atoms with E-state index in [9.17, 15) is 24.5 Å². The van der Waals surface area contributed by atoms with Crippen molar-refractivity contribution in [1.29, 1.82) is 0 Å². The van der Waals surface area contributed by atoms with Crippen LogP contribution in [0.25, 0.3) is 22.5 Å². The molecule has 2 aromatic heterocycles. The number of hydrogen-bond acceptors (Lipinski definition) is 15. The Morgan fingerprint density at radius 1 is 0.941 bits per heavy atom. The average molecular weight is 730 g/mol. The highest BCUT2D eigenvalue weighted by atomic mass is 35.5. The maximum absolute atomic E-state index is 13.2. The molecule has 0 aliphatic heterocycles. The van der Waals surface area contributed by atoms with E-state index >= 15 is 0 Å². The van der Waals surface area contributed by atoms with E-state index in [0.29, 0.717) is 17.8 Å². The first kappa shape index (κ1) is 38.0. The van der Waals surface area contributed by atoms with E-state index in [-0.39, 0.29) is 56.2 Å². The summed E-state index contributed by atoms with van der Waals surface area (Å²) in [7, 11) is 0. The number of halogens is 1. The first-order valence-electron chi connectivity index (χ1n) is 15.9. The zero-order valence-corrected chi connectivity index (χ0v) is 28.8. The molecule has 0 saturated carbocycles. The van der Waals surface area contributed by atoms with Crippen molar-refractivity contribution in [1.82, 2.24) is 29.8 Å². The Bertz CT molecular complexity index is 1800. The number of imidazole rings is 1. The van der Waals surface area contributed by atoms with Crippen molar-refractivity contribution in [3.8, 4) is 22.5 Å². The number of carbonyl (C=O) groups excluding carboxylic acids is 3. The molecule has 0 bridgehead atoms. The second-order valence-electron chi connectivity index (χ2n) is 10.6. The SMILES string of the molecule is CCCCc1nc(Cl)c(C(=O)OC(C)OC(=O)OCC)n1Cc1ccc(-c2ccccc2-c2nnn(COC(=O)OCCCO[N+](=O)[O-])n2)cc1. The van der Waals surface area contributed by atoms with Crippen LogP contribution in [-0.4, -0.2) is 79.2 Å². The lowest BCUT2D eigenvalue weighted by Crippen LogP contribution is -2.24. The largest absolute Gasteiger partial charge is 0.511 e. The van der Waals surface area contributed by atoms with Gasteiger partial charge in [0.25, 0.3) is 5.09 Å². The second-order valence-corrected chi connectivity index (χ2v) is 11.0. The number of aromatic nitrogens is 6. The van der Waals surface area contributed by atoms with Gasteiger partial charge in [-0.3, -0.25) is 0 Å². The van der Waals surface area contributed by atoms with E-state index in [1.54, 1.807) is 11.5 Å². The van der Waals surface area contributed by atoms with Crippen molar-refractivity contribution in [3.05, 3.63) is 80.9 Å². The summed E-state index contributed by atoms with van der Waals surface area (Å²) >= 11 is 6.45. The average Bonchev–Trinajstić information content (AvgIpc) is 3.70. The van der Waals surface area contributed by atoms with Crippen molar-refractivity contribution in [2.45, 2.75) is 66.0 Å². The Morgan fingerprint density at radius 2 is 1.69 bits per heavy atom. The summed E-state index contributed by atoms with van der Waals surface area (Å²) in [5, 5.41) is 21.6. The van der Waals surface area contributed by atoms with Crippen LogP contribution < -0.4 is 0 Å². The van der Waals surface area contributed by atoms with Gasteiger partial charge in [0.05, 0.1) is 19.8 Å². The molecule has 0 aliphatic carbocycles. The summed E-state index contributed by atoms with van der Waals surface area (Å²) in [5.41, 5.74) is 3.18. The zero-order valence-electron chi connectivity index (χ0n) is 28.1. The maximum Gasteiger partial charge on any atom is 0.511 e. The molecule has 0 spiro atoms. The molecule has 0 amide bonds. The Kier molecular flexibility index (Phi) is 14.0. The van der Waals surface area contributed by atoms with Crippen LogP contribution in [-0.2, 0) is 48.2 Å². The fourth-order valence-electron chi connectivity index (χ4n) is 4.69. The highest BCUT2D eigenvalue weighted by molar-refractivity contribution is 6.32. The molecular weight excluding hydrogens is 694 g/mol. The fraction of sp³-hybridized carbons (Fsp3) is 0.406. The van der Waals surface area contributed by atoms with Crippen molar-refractivity contribution in [3.63, 3.8) is 0 Å². The van der Waals surface area contributed by atoms with Crippen molar-refractivity contribution < 1.29 is 48.0 Å². The van der Waals surface area contributed by atoms with E-state index < -0.39 is 29.7 Å². The summed E-state index contributed by atoms with van der Waals surface area (Å²) in [6.45, 7) is 4.69. The lowest BCUT2D eigenvalue weighted by molar-refractivity contribution is -0.757. The van der Waals surface area contributed by atoms with Gasteiger partial charge in [-0.25, -0.2) is 19.4 Å². The smallest absolute Gasteiger partial charge is 0.435 e. The van der Waals surface area contributed by atoms with Crippen LogP contribution in [0.1, 0.15) is 61.9 Å². The monoisotopic (exact) mass is 729 g/mol. The fourth-order valence-corrected chi connectivity index (χ4v) is 4.97. The van der Waals surface area contributed by atoms with Gasteiger partial charge in [-0.05, 0) is 35.2 Å². The summed E-state index contributed by atoms with van der Waals surface area (Å²) in [4.78, 5) is 56.5. The van der Waals surface area contributed by atoms with Crippen LogP contribution in [0.15, 0.2) is 48.5 Å². The van der Waals surface area contributed by atoms with Gasteiger partial charge in [0, 0.05) is 31.9 Å². The van der Waals surface area contributed by atoms with Crippen LogP contribution >= 0.6 is 11.6 Å². The van der Waals surface area contributed by atoms with Crippen LogP contribution in [0.3, 0.4) is 0 Å². The van der Waals surface area contributed by atoms with Gasteiger partial charge in [-0.1, -0.05) is 73.5 Å². The summed E-state index contributed by atoms with van der Waals surface area (Å²) in [5.74, 6) is 0.0816. The Hall–Kier alpha value is -5.78. The summed E-state index contributed by atoms with van der Waals surface area (Å²) in [6, 6.07) is 15.0. The molecule has 4 aromatic rings. The minimum atomic E-state index is -1.23. The highest BCUT2D eigenvalue weighted by Gasteiger charge is 2.26.